The molecule has 1 aromatic carbocycles. The van der Waals surface area contributed by atoms with E-state index in [0.29, 0.717) is 51.6 Å². The number of fused-ring (bicyclic) bond motifs is 1. The average Bonchev–Trinajstić information content (AvgIpc) is 2.94. The smallest absolute Gasteiger partial charge is 0.224 e. The molecule has 1 fully saturated rings. The number of rotatable bonds is 5. The summed E-state index contributed by atoms with van der Waals surface area (Å²) >= 11 is 0. The standard InChI is InChI=1S/C16H21NO5/c1-16(21-8-9-22-16)4-5-17-15(18)11-12-2-3-13-14(10-12)20-7-6-19-13/h2-3,10H,4-9,11H2,1H3,(H,17,18). The van der Waals surface area contributed by atoms with Crippen molar-refractivity contribution in [3.63, 3.8) is 0 Å². The van der Waals surface area contributed by atoms with Gasteiger partial charge in [0, 0.05) is 13.0 Å². The van der Waals surface area contributed by atoms with E-state index in [9.17, 15) is 4.79 Å². The Hall–Kier alpha value is -1.79. The van der Waals surface area contributed by atoms with Crippen molar-refractivity contribution < 1.29 is 23.7 Å². The van der Waals surface area contributed by atoms with Gasteiger partial charge >= 0.3 is 0 Å². The van der Waals surface area contributed by atoms with Crippen molar-refractivity contribution in [2.24, 2.45) is 0 Å². The normalized spacial score (nSPS) is 19.0. The largest absolute Gasteiger partial charge is 0.486 e. The zero-order valence-electron chi connectivity index (χ0n) is 12.7. The number of carbonyl (C=O) groups excluding carboxylic acids is 1. The van der Waals surface area contributed by atoms with E-state index in [1.807, 2.05) is 25.1 Å². The van der Waals surface area contributed by atoms with Crippen molar-refractivity contribution in [3.05, 3.63) is 23.8 Å². The van der Waals surface area contributed by atoms with Crippen LogP contribution in [-0.4, -0.2) is 44.7 Å². The average molecular weight is 307 g/mol. The molecule has 6 heteroatoms. The zero-order valence-corrected chi connectivity index (χ0v) is 12.7. The van der Waals surface area contributed by atoms with Crippen LogP contribution in [0.5, 0.6) is 11.5 Å². The molecule has 0 saturated carbocycles. The van der Waals surface area contributed by atoms with E-state index in [0.717, 1.165) is 11.3 Å². The molecular formula is C16H21NO5. The van der Waals surface area contributed by atoms with E-state index in [1.165, 1.54) is 0 Å². The predicted octanol–water partition coefficient (Wildman–Crippen LogP) is 1.27. The van der Waals surface area contributed by atoms with Crippen LogP contribution in [0.15, 0.2) is 18.2 Å². The lowest BCUT2D eigenvalue weighted by Gasteiger charge is -2.22. The summed E-state index contributed by atoms with van der Waals surface area (Å²) < 4.78 is 22.0. The van der Waals surface area contributed by atoms with Gasteiger partial charge in [0.25, 0.3) is 0 Å². The topological polar surface area (TPSA) is 66.0 Å². The summed E-state index contributed by atoms with van der Waals surface area (Å²) in [5.41, 5.74) is 0.904. The molecule has 0 unspecified atom stereocenters. The van der Waals surface area contributed by atoms with Crippen LogP contribution in [0.3, 0.4) is 0 Å². The van der Waals surface area contributed by atoms with Crippen molar-refractivity contribution in [1.29, 1.82) is 0 Å². The first-order valence-corrected chi connectivity index (χ1v) is 7.58. The number of carbonyl (C=O) groups is 1. The summed E-state index contributed by atoms with van der Waals surface area (Å²) in [5.74, 6) is 0.846. The van der Waals surface area contributed by atoms with E-state index in [2.05, 4.69) is 5.32 Å². The number of nitrogens with one attached hydrogen (secondary N) is 1. The summed E-state index contributed by atoms with van der Waals surface area (Å²) in [6.45, 7) is 4.76. The number of amides is 1. The molecule has 1 aromatic rings. The van der Waals surface area contributed by atoms with Crippen LogP contribution >= 0.6 is 0 Å². The maximum absolute atomic E-state index is 12.0. The fourth-order valence-electron chi connectivity index (χ4n) is 2.58. The van der Waals surface area contributed by atoms with Crippen molar-refractivity contribution in [1.82, 2.24) is 5.32 Å². The molecular weight excluding hydrogens is 286 g/mol. The first-order chi connectivity index (χ1) is 10.6. The molecule has 6 nitrogen and oxygen atoms in total. The highest BCUT2D eigenvalue weighted by Crippen LogP contribution is 2.30. The lowest BCUT2D eigenvalue weighted by atomic mass is 10.1. The first kappa shape index (κ1) is 15.1. The van der Waals surface area contributed by atoms with Gasteiger partial charge < -0.3 is 24.3 Å². The Morgan fingerprint density at radius 1 is 1.14 bits per heavy atom. The molecule has 0 aromatic heterocycles. The third-order valence-electron chi connectivity index (χ3n) is 3.77. The van der Waals surface area contributed by atoms with Crippen LogP contribution in [0.4, 0.5) is 0 Å². The molecule has 1 N–H and O–H groups in total. The van der Waals surface area contributed by atoms with Gasteiger partial charge in [0.15, 0.2) is 17.3 Å². The monoisotopic (exact) mass is 307 g/mol. The van der Waals surface area contributed by atoms with Crippen molar-refractivity contribution >= 4 is 5.91 Å². The summed E-state index contributed by atoms with van der Waals surface area (Å²) in [7, 11) is 0. The van der Waals surface area contributed by atoms with E-state index < -0.39 is 5.79 Å². The van der Waals surface area contributed by atoms with Gasteiger partial charge in [0.2, 0.25) is 5.91 Å². The molecule has 22 heavy (non-hydrogen) atoms. The van der Waals surface area contributed by atoms with Crippen LogP contribution < -0.4 is 14.8 Å². The second-order valence-electron chi connectivity index (χ2n) is 5.59. The highest BCUT2D eigenvalue weighted by molar-refractivity contribution is 5.78. The Balaban J connectivity index is 1.47. The number of hydrogen-bond donors (Lipinski definition) is 1. The van der Waals surface area contributed by atoms with Crippen LogP contribution in [0.1, 0.15) is 18.9 Å². The van der Waals surface area contributed by atoms with Gasteiger partial charge in [0.05, 0.1) is 19.6 Å². The van der Waals surface area contributed by atoms with Gasteiger partial charge in [-0.25, -0.2) is 0 Å². The second-order valence-corrected chi connectivity index (χ2v) is 5.59. The molecule has 0 spiro atoms. The molecule has 0 atom stereocenters. The summed E-state index contributed by atoms with van der Waals surface area (Å²) in [5, 5.41) is 2.89. The van der Waals surface area contributed by atoms with Crippen molar-refractivity contribution in [3.8, 4) is 11.5 Å². The van der Waals surface area contributed by atoms with Crippen LogP contribution in [0, 0.1) is 0 Å². The molecule has 0 bridgehead atoms. The van der Waals surface area contributed by atoms with Gasteiger partial charge in [-0.2, -0.15) is 0 Å². The lowest BCUT2D eigenvalue weighted by molar-refractivity contribution is -0.146. The fourth-order valence-corrected chi connectivity index (χ4v) is 2.58. The van der Waals surface area contributed by atoms with Crippen LogP contribution in [0.2, 0.25) is 0 Å². The number of ether oxygens (including phenoxy) is 4. The van der Waals surface area contributed by atoms with E-state index in [-0.39, 0.29) is 5.91 Å². The lowest BCUT2D eigenvalue weighted by Crippen LogP contribution is -2.34. The highest BCUT2D eigenvalue weighted by atomic mass is 16.7. The van der Waals surface area contributed by atoms with Gasteiger partial charge in [-0.3, -0.25) is 4.79 Å². The van der Waals surface area contributed by atoms with E-state index in [1.54, 1.807) is 0 Å². The Labute approximate surface area is 129 Å². The Bertz CT molecular complexity index is 539. The van der Waals surface area contributed by atoms with Crippen LogP contribution in [-0.2, 0) is 20.7 Å². The summed E-state index contributed by atoms with van der Waals surface area (Å²) in [6.07, 6.45) is 0.953. The van der Waals surface area contributed by atoms with Gasteiger partial charge in [-0.15, -0.1) is 0 Å². The van der Waals surface area contributed by atoms with Gasteiger partial charge in [0.1, 0.15) is 13.2 Å². The Morgan fingerprint density at radius 2 is 1.86 bits per heavy atom. The summed E-state index contributed by atoms with van der Waals surface area (Å²) in [4.78, 5) is 12.0. The molecule has 120 valence electrons. The van der Waals surface area contributed by atoms with Gasteiger partial charge in [-0.05, 0) is 24.6 Å². The van der Waals surface area contributed by atoms with Gasteiger partial charge in [-0.1, -0.05) is 6.07 Å². The second kappa shape index (κ2) is 6.54. The molecule has 2 aliphatic rings. The molecule has 1 saturated heterocycles. The van der Waals surface area contributed by atoms with Crippen LogP contribution in [0.25, 0.3) is 0 Å². The third-order valence-corrected chi connectivity index (χ3v) is 3.77. The minimum Gasteiger partial charge on any atom is -0.486 e. The maximum atomic E-state index is 12.0. The molecule has 2 heterocycles. The predicted molar refractivity (Wildman–Crippen MR) is 79.1 cm³/mol. The van der Waals surface area contributed by atoms with E-state index in [4.69, 9.17) is 18.9 Å². The third kappa shape index (κ3) is 3.69. The Kier molecular flexibility index (Phi) is 4.49. The zero-order chi connectivity index (χ0) is 15.4. The van der Waals surface area contributed by atoms with E-state index >= 15 is 0 Å². The minimum absolute atomic E-state index is 0.0294. The minimum atomic E-state index is -0.565. The maximum Gasteiger partial charge on any atom is 0.224 e. The molecule has 3 rings (SSSR count). The molecule has 2 aliphatic heterocycles. The first-order valence-electron chi connectivity index (χ1n) is 7.58. The molecule has 0 radical (unpaired) electrons. The SMILES string of the molecule is CC1(CCNC(=O)Cc2ccc3c(c2)OCCO3)OCCO1. The van der Waals surface area contributed by atoms with Crippen molar-refractivity contribution in [2.45, 2.75) is 25.6 Å². The Morgan fingerprint density at radius 3 is 2.64 bits per heavy atom. The van der Waals surface area contributed by atoms with Crippen molar-refractivity contribution in [2.75, 3.05) is 33.0 Å². The molecule has 0 aliphatic carbocycles. The number of hydrogen-bond acceptors (Lipinski definition) is 5. The number of benzene rings is 1. The quantitative estimate of drug-likeness (QED) is 0.887. The summed E-state index contributed by atoms with van der Waals surface area (Å²) in [6, 6.07) is 5.59. The highest BCUT2D eigenvalue weighted by Gasteiger charge is 2.30. The fraction of sp³-hybridized carbons (Fsp3) is 0.562. The molecule has 1 amide bonds.